The Balaban J connectivity index is 2.25. The first kappa shape index (κ1) is 13.0. The molecule has 0 aliphatic rings. The van der Waals surface area contributed by atoms with E-state index in [0.717, 1.165) is 0 Å². The van der Waals surface area contributed by atoms with Crippen LogP contribution >= 0.6 is 0 Å². The van der Waals surface area contributed by atoms with Crippen molar-refractivity contribution in [1.29, 1.82) is 0 Å². The van der Waals surface area contributed by atoms with Crippen LogP contribution in [0.1, 0.15) is 0 Å². The molecule has 0 saturated carbocycles. The van der Waals surface area contributed by atoms with E-state index < -0.39 is 12.3 Å². The number of hydrogen-bond donors (Lipinski definition) is 2. The quantitative estimate of drug-likeness (QED) is 0.830. The Kier molecular flexibility index (Phi) is 3.47. The number of alkyl halides is 3. The van der Waals surface area contributed by atoms with Crippen molar-refractivity contribution < 1.29 is 18.0 Å². The van der Waals surface area contributed by atoms with Crippen LogP contribution in [0.25, 0.3) is 11.4 Å². The van der Waals surface area contributed by atoms with Crippen molar-refractivity contribution in [3.8, 4) is 11.4 Å². The summed E-state index contributed by atoms with van der Waals surface area (Å²) in [5.74, 6) is -0.507. The van der Waals surface area contributed by atoms with Crippen LogP contribution in [0.5, 0.6) is 0 Å². The molecule has 1 aromatic carbocycles. The third-order valence-electron chi connectivity index (χ3n) is 1.94. The molecule has 0 unspecified atom stereocenters. The van der Waals surface area contributed by atoms with Gasteiger partial charge < -0.3 is 5.73 Å². The molecule has 19 heavy (non-hydrogen) atoms. The molecule has 0 saturated heterocycles. The van der Waals surface area contributed by atoms with Gasteiger partial charge in [0.15, 0.2) is 5.82 Å². The molecule has 9 heteroatoms. The second kappa shape index (κ2) is 5.06. The van der Waals surface area contributed by atoms with Crippen molar-refractivity contribution >= 4 is 11.9 Å². The molecule has 0 bridgehead atoms. The van der Waals surface area contributed by atoms with Crippen LogP contribution < -0.4 is 11.2 Å². The van der Waals surface area contributed by atoms with Gasteiger partial charge in [-0.05, 0) is 0 Å². The molecule has 0 aliphatic carbocycles. The summed E-state index contributed by atoms with van der Waals surface area (Å²) in [7, 11) is 0. The zero-order valence-electron chi connectivity index (χ0n) is 9.35. The Morgan fingerprint density at radius 1 is 1.05 bits per heavy atom. The summed E-state index contributed by atoms with van der Waals surface area (Å²) in [5, 5.41) is 0. The molecule has 1 aromatic heterocycles. The topological polar surface area (TPSA) is 86.0 Å². The summed E-state index contributed by atoms with van der Waals surface area (Å²) in [4.78, 5) is 14.5. The molecule has 6 nitrogen and oxygen atoms in total. The van der Waals surface area contributed by atoms with E-state index in [1.54, 1.807) is 35.8 Å². The number of halogens is 3. The maximum atomic E-state index is 11.9. The highest BCUT2D eigenvalue weighted by Gasteiger charge is 2.30. The number of nitrogens with one attached hydrogen (secondary N) is 1. The fourth-order valence-electron chi connectivity index (χ4n) is 1.26. The van der Waals surface area contributed by atoms with Crippen LogP contribution in [0.15, 0.2) is 30.3 Å². The number of rotatable bonds is 3. The fraction of sp³-hybridized carbons (Fsp3) is 0.100. The first-order valence-corrected chi connectivity index (χ1v) is 5.02. The predicted octanol–water partition coefficient (Wildman–Crippen LogP) is 1.98. The molecule has 0 radical (unpaired) electrons. The number of anilines is 2. The first-order chi connectivity index (χ1) is 8.94. The van der Waals surface area contributed by atoms with E-state index in [0.29, 0.717) is 5.56 Å². The summed E-state index contributed by atoms with van der Waals surface area (Å²) in [6.07, 6.45) is -4.85. The lowest BCUT2D eigenvalue weighted by atomic mass is 10.2. The van der Waals surface area contributed by atoms with Gasteiger partial charge in [-0.3, -0.25) is 0 Å². The smallest absolute Gasteiger partial charge is 0.368 e. The Labute approximate surface area is 105 Å². The largest absolute Gasteiger partial charge is 0.543 e. The van der Waals surface area contributed by atoms with Gasteiger partial charge in [-0.25, -0.2) is 5.48 Å². The van der Waals surface area contributed by atoms with E-state index in [-0.39, 0.29) is 11.8 Å². The maximum Gasteiger partial charge on any atom is 0.543 e. The summed E-state index contributed by atoms with van der Waals surface area (Å²) < 4.78 is 35.6. The van der Waals surface area contributed by atoms with E-state index in [9.17, 15) is 13.2 Å². The SMILES string of the molecule is Nc1nc(NOC(F)(F)F)nc(-c2ccccc2)n1. The fourth-order valence-corrected chi connectivity index (χ4v) is 1.26. The summed E-state index contributed by atoms with van der Waals surface area (Å²) in [6.45, 7) is 0. The molecule has 0 amide bonds. The molecule has 0 fully saturated rings. The van der Waals surface area contributed by atoms with Gasteiger partial charge in [0.25, 0.3) is 5.95 Å². The lowest BCUT2D eigenvalue weighted by Gasteiger charge is -2.09. The van der Waals surface area contributed by atoms with Crippen LogP contribution in [0.3, 0.4) is 0 Å². The zero-order chi connectivity index (χ0) is 13.9. The number of hydrogen-bond acceptors (Lipinski definition) is 6. The molecule has 2 rings (SSSR count). The van der Waals surface area contributed by atoms with Gasteiger partial charge >= 0.3 is 6.36 Å². The molecule has 0 spiro atoms. The minimum Gasteiger partial charge on any atom is -0.368 e. The van der Waals surface area contributed by atoms with Gasteiger partial charge in [0.05, 0.1) is 0 Å². The number of aromatic nitrogens is 3. The Bertz CT molecular complexity index is 561. The lowest BCUT2D eigenvalue weighted by molar-refractivity contribution is -0.312. The highest BCUT2D eigenvalue weighted by Crippen LogP contribution is 2.19. The highest BCUT2D eigenvalue weighted by molar-refractivity contribution is 5.57. The first-order valence-electron chi connectivity index (χ1n) is 5.02. The standard InChI is InChI=1S/C10H8F3N5O/c11-10(12,13)19-18-9-16-7(15-8(14)17-9)6-4-2-1-3-5-6/h1-5H,(H3,14,15,16,17,18). The van der Waals surface area contributed by atoms with Crippen LogP contribution in [0.2, 0.25) is 0 Å². The molecule has 1 heterocycles. The summed E-state index contributed by atoms with van der Waals surface area (Å²) >= 11 is 0. The van der Waals surface area contributed by atoms with E-state index in [4.69, 9.17) is 5.73 Å². The Hall–Kier alpha value is -2.42. The van der Waals surface area contributed by atoms with Gasteiger partial charge in [-0.1, -0.05) is 30.3 Å². The summed E-state index contributed by atoms with van der Waals surface area (Å²) in [6, 6.07) is 8.61. The van der Waals surface area contributed by atoms with E-state index in [1.807, 2.05) is 0 Å². The molecular formula is C10H8F3N5O. The minimum absolute atomic E-state index is 0.140. The van der Waals surface area contributed by atoms with Crippen molar-refractivity contribution in [2.24, 2.45) is 0 Å². The number of benzene rings is 1. The molecular weight excluding hydrogens is 263 g/mol. The van der Waals surface area contributed by atoms with Crippen LogP contribution in [0, 0.1) is 0 Å². The Morgan fingerprint density at radius 2 is 1.74 bits per heavy atom. The lowest BCUT2D eigenvalue weighted by Crippen LogP contribution is -2.19. The van der Waals surface area contributed by atoms with Gasteiger partial charge in [-0.15, -0.1) is 13.2 Å². The number of nitrogen functional groups attached to an aromatic ring is 1. The second-order valence-corrected chi connectivity index (χ2v) is 3.36. The van der Waals surface area contributed by atoms with Crippen molar-refractivity contribution in [2.45, 2.75) is 6.36 Å². The average molecular weight is 271 g/mol. The third kappa shape index (κ3) is 3.78. The van der Waals surface area contributed by atoms with E-state index in [1.165, 1.54) is 0 Å². The molecule has 0 aliphatic heterocycles. The van der Waals surface area contributed by atoms with Gasteiger partial charge in [-0.2, -0.15) is 19.8 Å². The molecule has 100 valence electrons. The monoisotopic (exact) mass is 271 g/mol. The maximum absolute atomic E-state index is 11.9. The van der Waals surface area contributed by atoms with Crippen molar-refractivity contribution in [1.82, 2.24) is 15.0 Å². The third-order valence-corrected chi connectivity index (χ3v) is 1.94. The van der Waals surface area contributed by atoms with Gasteiger partial charge in [0.1, 0.15) is 0 Å². The average Bonchev–Trinajstić information content (AvgIpc) is 2.36. The molecule has 2 aromatic rings. The van der Waals surface area contributed by atoms with Crippen molar-refractivity contribution in [3.05, 3.63) is 30.3 Å². The van der Waals surface area contributed by atoms with Crippen molar-refractivity contribution in [3.63, 3.8) is 0 Å². The van der Waals surface area contributed by atoms with Crippen LogP contribution in [-0.2, 0) is 4.84 Å². The molecule has 3 N–H and O–H groups in total. The van der Waals surface area contributed by atoms with Gasteiger partial charge in [0.2, 0.25) is 5.95 Å². The van der Waals surface area contributed by atoms with Crippen molar-refractivity contribution in [2.75, 3.05) is 11.2 Å². The Morgan fingerprint density at radius 3 is 2.37 bits per heavy atom. The van der Waals surface area contributed by atoms with E-state index in [2.05, 4.69) is 19.8 Å². The highest BCUT2D eigenvalue weighted by atomic mass is 19.4. The van der Waals surface area contributed by atoms with E-state index >= 15 is 0 Å². The zero-order valence-corrected chi connectivity index (χ0v) is 9.35. The van der Waals surface area contributed by atoms with Gasteiger partial charge in [0, 0.05) is 5.56 Å². The van der Waals surface area contributed by atoms with Crippen LogP contribution in [0.4, 0.5) is 25.1 Å². The second-order valence-electron chi connectivity index (χ2n) is 3.36. The van der Waals surface area contributed by atoms with Crippen LogP contribution in [-0.4, -0.2) is 21.3 Å². The normalized spacial score (nSPS) is 11.3. The predicted molar refractivity (Wildman–Crippen MR) is 60.4 cm³/mol. The molecule has 0 atom stereocenters. The summed E-state index contributed by atoms with van der Waals surface area (Å²) in [5.41, 5.74) is 7.55. The number of nitrogens with zero attached hydrogens (tertiary/aromatic N) is 3. The number of nitrogens with two attached hydrogens (primary N) is 1. The minimum atomic E-state index is -4.85.